The van der Waals surface area contributed by atoms with Crippen LogP contribution in [-0.4, -0.2) is 7.28 Å². The van der Waals surface area contributed by atoms with Gasteiger partial charge >= 0.3 is 0 Å². The lowest BCUT2D eigenvalue weighted by atomic mass is 9.58. The first-order chi connectivity index (χ1) is 19.8. The van der Waals surface area contributed by atoms with Crippen LogP contribution >= 0.6 is 11.8 Å². The van der Waals surface area contributed by atoms with E-state index < -0.39 is 0 Å². The van der Waals surface area contributed by atoms with Gasteiger partial charge in [0, 0.05) is 32.4 Å². The number of para-hydroxylation sites is 4. The highest BCUT2D eigenvalue weighted by Gasteiger charge is 2.29. The number of anilines is 5. The third-order valence-corrected chi connectivity index (χ3v) is 8.82. The molecule has 4 heteroatoms. The first kappa shape index (κ1) is 23.2. The third kappa shape index (κ3) is 3.83. The Morgan fingerprint density at radius 1 is 0.550 bits per heavy atom. The molecule has 0 unspecified atom stereocenters. The van der Waals surface area contributed by atoms with Gasteiger partial charge in [-0.1, -0.05) is 108 Å². The number of hydrogen-bond acceptors (Lipinski definition) is 3. The maximum Gasteiger partial charge on any atom is 0.197 e. The van der Waals surface area contributed by atoms with Crippen molar-refractivity contribution in [3.05, 3.63) is 140 Å². The van der Waals surface area contributed by atoms with E-state index in [1.807, 2.05) is 11.8 Å². The van der Waals surface area contributed by atoms with Crippen molar-refractivity contribution in [2.24, 2.45) is 0 Å². The Labute approximate surface area is 239 Å². The lowest BCUT2D eigenvalue weighted by Gasteiger charge is -2.35. The van der Waals surface area contributed by atoms with Crippen LogP contribution in [0.1, 0.15) is 0 Å². The Kier molecular flexibility index (Phi) is 5.53. The molecule has 0 spiro atoms. The van der Waals surface area contributed by atoms with Gasteiger partial charge in [0.2, 0.25) is 0 Å². The van der Waals surface area contributed by atoms with Crippen molar-refractivity contribution in [2.45, 2.75) is 9.79 Å². The molecule has 0 amide bonds. The number of rotatable bonds is 3. The van der Waals surface area contributed by atoms with Crippen molar-refractivity contribution >= 4 is 58.4 Å². The van der Waals surface area contributed by atoms with Crippen molar-refractivity contribution in [2.75, 3.05) is 10.2 Å². The molecule has 6 aromatic rings. The van der Waals surface area contributed by atoms with E-state index in [1.54, 1.807) is 0 Å². The van der Waals surface area contributed by atoms with Gasteiger partial charge in [-0.3, -0.25) is 0 Å². The maximum atomic E-state index is 3.79. The fourth-order valence-electron chi connectivity index (χ4n) is 5.83. The van der Waals surface area contributed by atoms with Gasteiger partial charge in [-0.05, 0) is 70.7 Å². The zero-order valence-electron chi connectivity index (χ0n) is 21.7. The number of nitrogens with zero attached hydrogens (tertiary/aromatic N) is 1. The van der Waals surface area contributed by atoms with E-state index in [4.69, 9.17) is 0 Å². The normalized spacial score (nSPS) is 12.8. The molecule has 2 aliphatic heterocycles. The summed E-state index contributed by atoms with van der Waals surface area (Å²) in [4.78, 5) is 4.90. The Morgan fingerprint density at radius 2 is 1.27 bits per heavy atom. The first-order valence-electron chi connectivity index (χ1n) is 13.5. The molecule has 2 aliphatic rings. The SMILES string of the molecule is [B]1c2ccccc2N(c2ccccc2)c2cc(-c3ccccc3)cc(-c3cccc4c3Nc3ccccc3S4)c21. The summed E-state index contributed by atoms with van der Waals surface area (Å²) in [7, 11) is 2.36. The predicted octanol–water partition coefficient (Wildman–Crippen LogP) is 8.67. The van der Waals surface area contributed by atoms with Crippen LogP contribution in [0.25, 0.3) is 22.3 Å². The Balaban J connectivity index is 1.41. The molecule has 6 aromatic carbocycles. The van der Waals surface area contributed by atoms with Crippen molar-refractivity contribution in [1.82, 2.24) is 0 Å². The van der Waals surface area contributed by atoms with Crippen molar-refractivity contribution in [3.63, 3.8) is 0 Å². The molecule has 40 heavy (non-hydrogen) atoms. The molecule has 0 aliphatic carbocycles. The van der Waals surface area contributed by atoms with Crippen LogP contribution in [0.15, 0.2) is 149 Å². The Morgan fingerprint density at radius 3 is 2.15 bits per heavy atom. The molecule has 0 saturated heterocycles. The summed E-state index contributed by atoms with van der Waals surface area (Å²) in [5.41, 5.74) is 13.1. The summed E-state index contributed by atoms with van der Waals surface area (Å²) >= 11 is 1.83. The molecule has 8 rings (SSSR count). The molecule has 0 fully saturated rings. The number of hydrogen-bond donors (Lipinski definition) is 1. The molecule has 0 bridgehead atoms. The highest BCUT2D eigenvalue weighted by Crippen LogP contribution is 2.49. The van der Waals surface area contributed by atoms with Crippen LogP contribution in [0, 0.1) is 0 Å². The summed E-state index contributed by atoms with van der Waals surface area (Å²) in [5, 5.41) is 3.79. The van der Waals surface area contributed by atoms with E-state index in [-0.39, 0.29) is 0 Å². The molecular weight excluding hydrogens is 503 g/mol. The Hall–Kier alpha value is -4.67. The zero-order valence-corrected chi connectivity index (χ0v) is 22.5. The summed E-state index contributed by atoms with van der Waals surface area (Å²) < 4.78 is 0. The van der Waals surface area contributed by atoms with E-state index in [1.165, 1.54) is 54.3 Å². The highest BCUT2D eigenvalue weighted by molar-refractivity contribution is 7.99. The van der Waals surface area contributed by atoms with Crippen molar-refractivity contribution < 1.29 is 0 Å². The highest BCUT2D eigenvalue weighted by atomic mass is 32.2. The summed E-state index contributed by atoms with van der Waals surface area (Å²) in [6.45, 7) is 0. The summed E-state index contributed by atoms with van der Waals surface area (Å²) in [6, 6.07) is 50.0. The van der Waals surface area contributed by atoms with Gasteiger partial charge in [-0.2, -0.15) is 0 Å². The van der Waals surface area contributed by atoms with Crippen LogP contribution < -0.4 is 21.1 Å². The average molecular weight is 527 g/mol. The molecule has 0 atom stereocenters. The van der Waals surface area contributed by atoms with Gasteiger partial charge in [0.25, 0.3) is 0 Å². The fraction of sp³-hybridized carbons (Fsp3) is 0. The first-order valence-corrected chi connectivity index (χ1v) is 14.3. The predicted molar refractivity (Wildman–Crippen MR) is 171 cm³/mol. The fourth-order valence-corrected chi connectivity index (χ4v) is 6.85. The standard InChI is InChI=1S/C36H24BN2S/c1-3-12-24(13-4-1)25-22-28(27-16-11-21-34-36(27)38-30-18-8-10-20-33(30)40-34)35-32(23-25)39(26-14-5-2-6-15-26)31-19-9-7-17-29(31)37-35/h1-23,38H. The summed E-state index contributed by atoms with van der Waals surface area (Å²) in [5.74, 6) is 0. The van der Waals surface area contributed by atoms with E-state index in [0.29, 0.717) is 0 Å². The zero-order chi connectivity index (χ0) is 26.5. The number of benzene rings is 6. The number of nitrogens with one attached hydrogen (secondary N) is 1. The van der Waals surface area contributed by atoms with Crippen LogP contribution in [0.3, 0.4) is 0 Å². The maximum absolute atomic E-state index is 3.79. The topological polar surface area (TPSA) is 15.3 Å². The smallest absolute Gasteiger partial charge is 0.197 e. The molecule has 1 radical (unpaired) electrons. The van der Waals surface area contributed by atoms with E-state index >= 15 is 0 Å². The van der Waals surface area contributed by atoms with E-state index in [9.17, 15) is 0 Å². The molecule has 1 N–H and O–H groups in total. The molecule has 0 aromatic heterocycles. The van der Waals surface area contributed by atoms with E-state index in [0.717, 1.165) is 17.1 Å². The van der Waals surface area contributed by atoms with E-state index in [2.05, 4.69) is 157 Å². The van der Waals surface area contributed by atoms with Crippen LogP contribution in [0.5, 0.6) is 0 Å². The largest absolute Gasteiger partial charge is 0.353 e. The van der Waals surface area contributed by atoms with Crippen molar-refractivity contribution in [3.8, 4) is 22.3 Å². The van der Waals surface area contributed by atoms with Gasteiger partial charge in [-0.25, -0.2) is 0 Å². The third-order valence-electron chi connectivity index (χ3n) is 7.68. The lowest BCUT2D eigenvalue weighted by Crippen LogP contribution is -2.41. The molecule has 0 saturated carbocycles. The Bertz CT molecular complexity index is 1890. The minimum absolute atomic E-state index is 1.15. The molecule has 2 nitrogen and oxygen atoms in total. The molecular formula is C36H24BN2S. The van der Waals surface area contributed by atoms with Gasteiger partial charge in [0.05, 0.1) is 11.4 Å². The average Bonchev–Trinajstić information content (AvgIpc) is 3.02. The second-order valence-corrected chi connectivity index (χ2v) is 11.2. The quantitative estimate of drug-likeness (QED) is 0.232. The van der Waals surface area contributed by atoms with Gasteiger partial charge in [-0.15, -0.1) is 0 Å². The minimum atomic E-state index is 1.15. The van der Waals surface area contributed by atoms with Gasteiger partial charge in [0.1, 0.15) is 0 Å². The van der Waals surface area contributed by atoms with Crippen LogP contribution in [0.4, 0.5) is 28.4 Å². The van der Waals surface area contributed by atoms with Crippen LogP contribution in [-0.2, 0) is 0 Å². The lowest BCUT2D eigenvalue weighted by molar-refractivity contribution is 1.29. The monoisotopic (exact) mass is 527 g/mol. The van der Waals surface area contributed by atoms with Crippen molar-refractivity contribution in [1.29, 1.82) is 0 Å². The second-order valence-electron chi connectivity index (χ2n) is 10.1. The second kappa shape index (κ2) is 9.51. The van der Waals surface area contributed by atoms with Gasteiger partial charge < -0.3 is 10.2 Å². The number of fused-ring (bicyclic) bond motifs is 4. The molecule has 2 heterocycles. The molecule has 187 valence electrons. The van der Waals surface area contributed by atoms with Crippen LogP contribution in [0.2, 0.25) is 0 Å². The summed E-state index contributed by atoms with van der Waals surface area (Å²) in [6.07, 6.45) is 0. The van der Waals surface area contributed by atoms with Gasteiger partial charge in [0.15, 0.2) is 7.28 Å². The minimum Gasteiger partial charge on any atom is -0.353 e.